The minimum atomic E-state index is 0.421. The molecule has 6 heteroatoms. The number of halogens is 2. The van der Waals surface area contributed by atoms with Crippen molar-refractivity contribution >= 4 is 51.0 Å². The summed E-state index contributed by atoms with van der Waals surface area (Å²) in [6.07, 6.45) is 0. The summed E-state index contributed by atoms with van der Waals surface area (Å²) < 4.78 is 2.23. The van der Waals surface area contributed by atoms with Gasteiger partial charge in [0.2, 0.25) is 0 Å². The van der Waals surface area contributed by atoms with Gasteiger partial charge in [-0.25, -0.2) is 0 Å². The van der Waals surface area contributed by atoms with Gasteiger partial charge >= 0.3 is 39.6 Å². The summed E-state index contributed by atoms with van der Waals surface area (Å²) in [7, 11) is 2.12. The molecule has 0 saturated carbocycles. The SMILES string of the molecule is CC(=Nc1c(C(C)C)cccc1C(C)C)c1ccc(C(C)=Nc2c(C(C)C)cccc2C(C)C)n1C.[Br][Fe][Br]. The van der Waals surface area contributed by atoms with Gasteiger partial charge in [0.15, 0.2) is 0 Å². The average molecular weight is 699 g/mol. The number of aliphatic imine (C=N–C) groups is 2. The van der Waals surface area contributed by atoms with Crippen LogP contribution < -0.4 is 0 Å². The third-order valence-corrected chi connectivity index (χ3v) is 7.11. The number of rotatable bonds is 8. The molecule has 2 aromatic carbocycles. The summed E-state index contributed by atoms with van der Waals surface area (Å²) in [5.41, 5.74) is 11.8. The van der Waals surface area contributed by atoms with E-state index in [9.17, 15) is 0 Å². The first kappa shape index (κ1) is 33.7. The van der Waals surface area contributed by atoms with Crippen LogP contribution in [0.3, 0.4) is 0 Å². The number of nitrogens with zero attached hydrogens (tertiary/aromatic N) is 3. The summed E-state index contributed by atoms with van der Waals surface area (Å²) in [5, 5.41) is 0. The predicted octanol–water partition coefficient (Wildman–Crippen LogP) is 11.5. The molecule has 3 nitrogen and oxygen atoms in total. The van der Waals surface area contributed by atoms with Crippen molar-refractivity contribution in [2.45, 2.75) is 92.9 Å². The second-order valence-corrected chi connectivity index (χ2v) is 16.9. The second-order valence-electron chi connectivity index (χ2n) is 11.3. The first-order valence-corrected chi connectivity index (χ1v) is 19.2. The Hall–Kier alpha value is -1.46. The molecule has 214 valence electrons. The van der Waals surface area contributed by atoms with E-state index in [0.717, 1.165) is 45.5 Å². The van der Waals surface area contributed by atoms with Crippen LogP contribution in [0, 0.1) is 0 Å². The Morgan fingerprint density at radius 2 is 0.846 bits per heavy atom. The van der Waals surface area contributed by atoms with E-state index in [1.165, 1.54) is 22.3 Å². The van der Waals surface area contributed by atoms with Gasteiger partial charge in [-0.3, -0.25) is 9.98 Å². The van der Waals surface area contributed by atoms with Crippen molar-refractivity contribution in [2.24, 2.45) is 17.0 Å². The van der Waals surface area contributed by atoms with E-state index in [2.05, 4.69) is 158 Å². The molecule has 0 fully saturated rings. The Bertz CT molecular complexity index is 1150. The number of para-hydroxylation sites is 2. The van der Waals surface area contributed by atoms with Gasteiger partial charge in [0.25, 0.3) is 0 Å². The van der Waals surface area contributed by atoms with Gasteiger partial charge < -0.3 is 4.57 Å². The van der Waals surface area contributed by atoms with Crippen molar-refractivity contribution in [3.8, 4) is 0 Å². The van der Waals surface area contributed by atoms with Crippen molar-refractivity contribution in [3.05, 3.63) is 82.2 Å². The van der Waals surface area contributed by atoms with Crippen molar-refractivity contribution < 1.29 is 11.3 Å². The normalized spacial score (nSPS) is 12.6. The first-order valence-electron chi connectivity index (χ1n) is 13.7. The molecule has 3 rings (SSSR count). The molecule has 0 spiro atoms. The van der Waals surface area contributed by atoms with Crippen molar-refractivity contribution in [2.75, 3.05) is 0 Å². The Morgan fingerprint density at radius 1 is 0.590 bits per heavy atom. The summed E-state index contributed by atoms with van der Waals surface area (Å²) in [4.78, 5) is 10.4. The number of hydrogen-bond donors (Lipinski definition) is 0. The van der Waals surface area contributed by atoms with E-state index in [1.807, 2.05) is 0 Å². The van der Waals surface area contributed by atoms with E-state index in [0.29, 0.717) is 23.7 Å². The van der Waals surface area contributed by atoms with Gasteiger partial charge in [-0.1, -0.05) is 91.8 Å². The standard InChI is InChI=1S/C33H45N3.2BrH.Fe/c1-20(2)26-14-12-15-27(21(3)4)32(26)34-24(9)30-18-19-31(36(30)11)25(10)35-33-28(22(5)6)16-13-17-29(33)23(7)8;;;/h12-23H,1-11H3;2*1H;/q;;;+2/p-2. The van der Waals surface area contributed by atoms with Gasteiger partial charge in [0, 0.05) is 7.05 Å². The van der Waals surface area contributed by atoms with E-state index >= 15 is 0 Å². The van der Waals surface area contributed by atoms with Crippen LogP contribution in [0.15, 0.2) is 58.5 Å². The zero-order chi connectivity index (χ0) is 29.4. The van der Waals surface area contributed by atoms with Crippen LogP contribution in [0.4, 0.5) is 11.4 Å². The molecule has 0 bridgehead atoms. The third-order valence-electron chi connectivity index (χ3n) is 7.11. The van der Waals surface area contributed by atoms with Crippen LogP contribution in [0.25, 0.3) is 0 Å². The van der Waals surface area contributed by atoms with Crippen LogP contribution in [0.1, 0.15) is 127 Å². The fraction of sp³-hybridized carbons (Fsp3) is 0.455. The third kappa shape index (κ3) is 8.52. The molecule has 0 radical (unpaired) electrons. The Balaban J connectivity index is 0.00000170. The van der Waals surface area contributed by atoms with Gasteiger partial charge in [-0.05, 0) is 71.9 Å². The van der Waals surface area contributed by atoms with Crippen LogP contribution in [0.2, 0.25) is 0 Å². The van der Waals surface area contributed by atoms with Crippen LogP contribution in [0.5, 0.6) is 0 Å². The topological polar surface area (TPSA) is 29.6 Å². The molecule has 1 aromatic heterocycles. The van der Waals surface area contributed by atoms with E-state index in [-0.39, 0.29) is 0 Å². The van der Waals surface area contributed by atoms with Crippen LogP contribution in [-0.2, 0) is 18.4 Å². The van der Waals surface area contributed by atoms with E-state index in [4.69, 9.17) is 9.98 Å². The van der Waals surface area contributed by atoms with Gasteiger partial charge in [-0.2, -0.15) is 0 Å². The van der Waals surface area contributed by atoms with Gasteiger partial charge in [0.1, 0.15) is 0 Å². The maximum atomic E-state index is 5.22. The minimum absolute atomic E-state index is 0.421. The first-order chi connectivity index (χ1) is 18.3. The molecule has 0 saturated heterocycles. The molecule has 1 heterocycles. The summed E-state index contributed by atoms with van der Waals surface area (Å²) in [5.74, 6) is 1.68. The zero-order valence-corrected chi connectivity index (χ0v) is 29.7. The van der Waals surface area contributed by atoms with Crippen molar-refractivity contribution in [1.82, 2.24) is 4.57 Å². The average Bonchev–Trinajstić information content (AvgIpc) is 3.25. The van der Waals surface area contributed by atoms with E-state index in [1.54, 1.807) is 0 Å². The Kier molecular flexibility index (Phi) is 13.4. The monoisotopic (exact) mass is 697 g/mol. The number of aromatic nitrogens is 1. The molecular weight excluding hydrogens is 654 g/mol. The van der Waals surface area contributed by atoms with Gasteiger partial charge in [-0.15, -0.1) is 0 Å². The molecule has 3 aromatic rings. The molecule has 0 aliphatic heterocycles. The van der Waals surface area contributed by atoms with Crippen molar-refractivity contribution in [1.29, 1.82) is 0 Å². The Morgan fingerprint density at radius 3 is 1.08 bits per heavy atom. The van der Waals surface area contributed by atoms with Crippen LogP contribution >= 0.6 is 28.2 Å². The fourth-order valence-corrected chi connectivity index (χ4v) is 4.97. The van der Waals surface area contributed by atoms with Gasteiger partial charge in [0.05, 0.1) is 34.2 Å². The number of hydrogen-bond acceptors (Lipinski definition) is 2. The molecular formula is C33H45Br2FeN3. The molecule has 0 unspecified atom stereocenters. The fourth-order valence-electron chi connectivity index (χ4n) is 4.97. The van der Waals surface area contributed by atoms with E-state index < -0.39 is 0 Å². The maximum absolute atomic E-state index is 5.22. The summed E-state index contributed by atoms with van der Waals surface area (Å²) in [6.45, 7) is 22.2. The Labute approximate surface area is 257 Å². The summed E-state index contributed by atoms with van der Waals surface area (Å²) in [6, 6.07) is 17.6. The second kappa shape index (κ2) is 15.5. The van der Waals surface area contributed by atoms with Crippen LogP contribution in [-0.4, -0.2) is 16.0 Å². The molecule has 39 heavy (non-hydrogen) atoms. The molecule has 0 N–H and O–H groups in total. The molecule has 0 amide bonds. The van der Waals surface area contributed by atoms with Crippen molar-refractivity contribution in [3.63, 3.8) is 0 Å². The quantitative estimate of drug-likeness (QED) is 0.166. The molecule has 0 aliphatic rings. The molecule has 0 aliphatic carbocycles. The number of benzene rings is 2. The zero-order valence-electron chi connectivity index (χ0n) is 25.4. The summed E-state index contributed by atoms with van der Waals surface area (Å²) >= 11 is 7.00. The molecule has 0 atom stereocenters. The predicted molar refractivity (Wildman–Crippen MR) is 176 cm³/mol.